The number of amides is 3. The predicted molar refractivity (Wildman–Crippen MR) is 307 cm³/mol. The molecule has 2 fully saturated rings. The Morgan fingerprint density at radius 3 is 1.81 bits per heavy atom. The van der Waals surface area contributed by atoms with Crippen molar-refractivity contribution >= 4 is 139 Å². The van der Waals surface area contributed by atoms with Crippen molar-refractivity contribution in [2.24, 2.45) is 30.4 Å². The number of amidine groups is 2. The van der Waals surface area contributed by atoms with Crippen molar-refractivity contribution in [3.63, 3.8) is 0 Å². The third kappa shape index (κ3) is 15.4. The smallest absolute Gasteiger partial charge is 0.444 e. The zero-order chi connectivity index (χ0) is 58.2. The molecule has 2 saturated heterocycles. The molecule has 3 N–H and O–H groups in total. The van der Waals surface area contributed by atoms with Crippen LogP contribution in [0.2, 0.25) is 25.1 Å². The zero-order valence-electron chi connectivity index (χ0n) is 43.3. The Morgan fingerprint density at radius 2 is 1.20 bits per heavy atom. The Bertz CT molecular complexity index is 3400. The molecular weight excluding hydrogens is 1170 g/mol. The van der Waals surface area contributed by atoms with Gasteiger partial charge in [0.15, 0.2) is 28.9 Å². The highest BCUT2D eigenvalue weighted by atomic mass is 35.5. The fraction of sp³-hybridized carbons (Fsp3) is 0.241. The number of carbonyl (C=O) groups is 3. The lowest BCUT2D eigenvalue weighted by molar-refractivity contribution is -0.198. The molecule has 6 aromatic carbocycles. The van der Waals surface area contributed by atoms with Crippen molar-refractivity contribution in [3.05, 3.63) is 152 Å². The van der Waals surface area contributed by atoms with Crippen LogP contribution in [0.3, 0.4) is 0 Å². The van der Waals surface area contributed by atoms with Gasteiger partial charge in [-0.2, -0.15) is 29.2 Å². The molecule has 0 saturated carbocycles. The Kier molecular flexibility index (Phi) is 19.9. The molecule has 2 heterocycles. The minimum atomic E-state index is -4.35. The third-order valence-corrected chi connectivity index (χ3v) is 12.5. The van der Waals surface area contributed by atoms with Crippen LogP contribution in [0.1, 0.15) is 45.7 Å². The summed E-state index contributed by atoms with van der Waals surface area (Å²) in [5.41, 5.74) is 6.48. The van der Waals surface area contributed by atoms with Crippen LogP contribution in [0.5, 0.6) is 17.2 Å². The van der Waals surface area contributed by atoms with E-state index < -0.39 is 41.4 Å². The Morgan fingerprint density at radius 1 is 0.637 bits per heavy atom. The summed E-state index contributed by atoms with van der Waals surface area (Å²) in [4.78, 5) is 47.8. The summed E-state index contributed by atoms with van der Waals surface area (Å²) >= 11 is 36.6. The maximum Gasteiger partial charge on any atom is 0.444 e. The number of nitrogens with one attached hydrogen (secondary N) is 3. The van der Waals surface area contributed by atoms with Gasteiger partial charge in [-0.3, -0.25) is 25.2 Å². The fourth-order valence-corrected chi connectivity index (χ4v) is 8.76. The minimum absolute atomic E-state index is 0.0360. The van der Waals surface area contributed by atoms with Gasteiger partial charge in [0.25, 0.3) is 17.4 Å². The molecule has 17 nitrogen and oxygen atoms in total. The number of hydrazine groups is 2. The molecule has 2 aliphatic heterocycles. The van der Waals surface area contributed by atoms with Crippen LogP contribution in [0.4, 0.5) is 53.0 Å². The molecule has 3 unspecified atom stereocenters. The van der Waals surface area contributed by atoms with E-state index in [0.29, 0.717) is 44.3 Å². The predicted octanol–water partition coefficient (Wildman–Crippen LogP) is 15.8. The lowest BCUT2D eigenvalue weighted by Crippen LogP contribution is -2.38. The second-order valence-electron chi connectivity index (χ2n) is 18.1. The molecule has 3 amide bonds. The second kappa shape index (κ2) is 26.4. The van der Waals surface area contributed by atoms with Gasteiger partial charge in [-0.25, -0.2) is 24.4 Å². The highest BCUT2D eigenvalue weighted by molar-refractivity contribution is 6.43. The first-order valence-electron chi connectivity index (χ1n) is 24.0. The van der Waals surface area contributed by atoms with E-state index in [4.69, 9.17) is 79.1 Å². The van der Waals surface area contributed by atoms with E-state index in [0.717, 1.165) is 27.2 Å². The number of hydrogen-bond acceptors (Lipinski definition) is 12. The summed E-state index contributed by atoms with van der Waals surface area (Å²) in [6.45, 7) is 12.8. The summed E-state index contributed by atoms with van der Waals surface area (Å²) in [5.74, 6) is -0.889. The number of nitrogens with zero attached hydrogens (tertiary/aromatic N) is 8. The van der Waals surface area contributed by atoms with E-state index in [2.05, 4.69) is 51.3 Å². The van der Waals surface area contributed by atoms with Crippen LogP contribution < -0.4 is 40.4 Å². The van der Waals surface area contributed by atoms with Gasteiger partial charge in [0.2, 0.25) is 18.0 Å². The average molecular weight is 1220 g/mol. The number of anilines is 3. The van der Waals surface area contributed by atoms with Crippen molar-refractivity contribution in [1.29, 1.82) is 0 Å². The number of azo groups is 2. The normalized spacial score (nSPS) is 16.9. The van der Waals surface area contributed by atoms with E-state index in [1.54, 1.807) is 66.7 Å². The van der Waals surface area contributed by atoms with Crippen LogP contribution in [-0.2, 0) is 14.4 Å². The molecule has 80 heavy (non-hydrogen) atoms. The summed E-state index contributed by atoms with van der Waals surface area (Å²) < 4.78 is 57.4. The van der Waals surface area contributed by atoms with Gasteiger partial charge in [0, 0.05) is 23.7 Å². The Hall–Kier alpha value is -7.20. The fourth-order valence-electron chi connectivity index (χ4n) is 7.29. The van der Waals surface area contributed by atoms with Crippen LogP contribution in [-0.4, -0.2) is 65.4 Å². The van der Waals surface area contributed by atoms with Crippen LogP contribution in [0.15, 0.2) is 146 Å². The van der Waals surface area contributed by atoms with Gasteiger partial charge in [0.1, 0.15) is 11.4 Å². The molecule has 6 aromatic rings. The van der Waals surface area contributed by atoms with Crippen molar-refractivity contribution < 1.29 is 41.8 Å². The first-order chi connectivity index (χ1) is 37.9. The van der Waals surface area contributed by atoms with Crippen LogP contribution in [0, 0.1) is 13.8 Å². The van der Waals surface area contributed by atoms with Gasteiger partial charge in [-0.05, 0) is 126 Å². The van der Waals surface area contributed by atoms with Crippen molar-refractivity contribution in [3.8, 4) is 17.2 Å². The quantitative estimate of drug-likeness (QED) is 0.0629. The van der Waals surface area contributed by atoms with Gasteiger partial charge in [-0.15, -0.1) is 0 Å². The van der Waals surface area contributed by atoms with Gasteiger partial charge in [0.05, 0.1) is 55.0 Å². The van der Waals surface area contributed by atoms with E-state index in [1.165, 1.54) is 37.3 Å². The zero-order valence-corrected chi connectivity index (χ0v) is 47.8. The lowest BCUT2D eigenvalue weighted by Gasteiger charge is -2.23. The molecule has 2 aliphatic rings. The summed E-state index contributed by atoms with van der Waals surface area (Å²) in [6.07, 6.45) is -4.55. The number of para-hydroxylation sites is 2. The molecule has 418 valence electrons. The molecule has 0 bridgehead atoms. The molecule has 0 aliphatic carbocycles. The van der Waals surface area contributed by atoms with Crippen molar-refractivity contribution in [1.82, 2.24) is 10.9 Å². The van der Waals surface area contributed by atoms with Crippen LogP contribution in [0.25, 0.3) is 0 Å². The van der Waals surface area contributed by atoms with E-state index >= 15 is 0 Å². The van der Waals surface area contributed by atoms with Gasteiger partial charge >= 0.3 is 6.11 Å². The first-order valence-corrected chi connectivity index (χ1v) is 26.4. The number of benzene rings is 6. The maximum atomic E-state index is 13.9. The van der Waals surface area contributed by atoms with E-state index in [1.807, 2.05) is 53.7 Å². The standard InChI is InChI=1S/C29H28Cl4N6O4.C25H20Cl2F3N5O2/c1-14(2)42-24-9-7-19(13-25(24)43-15(3)4)36-37-26-28(35-23-12-18(34-16(5)40)6-8-20(23)31)38-39(29(26)41)27-21(32)10-17(30)11-22(27)33;1-14-7-10-16(11-8-14)32-33-21-22(31-18-12-9-15(2)13-17(18)26)34-35(23(21)36)19-5-3-4-6-20(19)37-25(29,30)24(27)28/h6-15,26H,1-5H3,(H,34,40)(H,35,38);3-13,21,24H,1-2H3,(H,31,34). The molecule has 26 heteroatoms. The molecule has 0 radical (unpaired) electrons. The number of aryl methyl sites for hydroxylation is 2. The summed E-state index contributed by atoms with van der Waals surface area (Å²) in [5, 5.41) is 22.8. The minimum Gasteiger partial charge on any atom is -0.487 e. The molecular formula is C54H48Cl6F3N11O6. The number of alkyl halides is 4. The average Bonchev–Trinajstić information content (AvgIpc) is 4.02. The Balaban J connectivity index is 0.000000234. The number of rotatable bonds is 16. The third-order valence-electron chi connectivity index (χ3n) is 10.8. The number of carbonyl (C=O) groups excluding carboxylic acids is 3. The van der Waals surface area contributed by atoms with Crippen molar-refractivity contribution in [2.75, 3.05) is 15.3 Å². The summed E-state index contributed by atoms with van der Waals surface area (Å²) in [6, 6.07) is 27.8. The maximum absolute atomic E-state index is 13.9. The monoisotopic (exact) mass is 1210 g/mol. The van der Waals surface area contributed by atoms with E-state index in [9.17, 15) is 27.6 Å². The largest absolute Gasteiger partial charge is 0.487 e. The molecule has 0 aromatic heterocycles. The first kappa shape index (κ1) is 60.4. The highest BCUT2D eigenvalue weighted by Crippen LogP contribution is 2.41. The van der Waals surface area contributed by atoms with Crippen molar-refractivity contribution in [2.45, 2.75) is 84.5 Å². The van der Waals surface area contributed by atoms with Gasteiger partial charge in [-0.1, -0.05) is 106 Å². The van der Waals surface area contributed by atoms with E-state index in [-0.39, 0.29) is 61.9 Å². The topological polar surface area (TPSA) is 196 Å². The number of halogens is 9. The van der Waals surface area contributed by atoms with Gasteiger partial charge < -0.3 is 19.5 Å². The molecule has 8 rings (SSSR count). The molecule has 3 atom stereocenters. The SMILES string of the molecule is CC(=O)Nc1ccc(Cl)c(N=C2NN(c3c(Cl)cc(Cl)cc3Cl)C(=O)C2N=Nc2ccc(OC(C)C)c(OC(C)C)c2)c1.Cc1ccc(N=NC2C(=O)N(c3ccccc3OC(F)(F)C(F)Cl)NC2=Nc2ccc(C)cc2Cl)cc1. The number of aliphatic imine (C=N–C) groups is 2. The lowest BCUT2D eigenvalue weighted by atomic mass is 10.2. The number of ether oxygens (including phenoxy) is 3. The highest BCUT2D eigenvalue weighted by Gasteiger charge is 2.45. The Labute approximate surface area is 487 Å². The second-order valence-corrected chi connectivity index (χ2v) is 20.5. The molecule has 0 spiro atoms. The van der Waals surface area contributed by atoms with Crippen LogP contribution >= 0.6 is 69.6 Å². The summed E-state index contributed by atoms with van der Waals surface area (Å²) in [7, 11) is 0. The number of hydrogen-bond donors (Lipinski definition) is 3.